The van der Waals surface area contributed by atoms with Gasteiger partial charge in [-0.2, -0.15) is 0 Å². The fourth-order valence-electron chi connectivity index (χ4n) is 5.88. The highest BCUT2D eigenvalue weighted by atomic mass is 32.2. The number of esters is 1. The first-order chi connectivity index (χ1) is 21.5. The Morgan fingerprint density at radius 3 is 2.68 bits per heavy atom. The second-order valence-corrected chi connectivity index (χ2v) is 14.5. The van der Waals surface area contributed by atoms with E-state index in [2.05, 4.69) is 28.9 Å². The number of aryl methyl sites for hydroxylation is 1. The second-order valence-electron chi connectivity index (χ2n) is 10.9. The van der Waals surface area contributed by atoms with Gasteiger partial charge in [-0.25, -0.2) is 9.59 Å². The number of hydrogen-bond acceptors (Lipinski definition) is 7. The van der Waals surface area contributed by atoms with Gasteiger partial charge in [0.15, 0.2) is 0 Å². The van der Waals surface area contributed by atoms with Crippen molar-refractivity contribution in [3.63, 3.8) is 0 Å². The van der Waals surface area contributed by atoms with E-state index in [0.29, 0.717) is 22.7 Å². The molecule has 1 aromatic heterocycles. The number of amides is 3. The van der Waals surface area contributed by atoms with E-state index in [1.165, 1.54) is 35.1 Å². The molecule has 0 bridgehead atoms. The quantitative estimate of drug-likeness (QED) is 0.153. The van der Waals surface area contributed by atoms with E-state index < -0.39 is 5.97 Å². The van der Waals surface area contributed by atoms with E-state index in [1.54, 1.807) is 11.8 Å². The van der Waals surface area contributed by atoms with Crippen molar-refractivity contribution in [3.8, 4) is 0 Å². The fraction of sp³-hybridized carbons (Fsp3) is 0.324. The van der Waals surface area contributed by atoms with Gasteiger partial charge >= 0.3 is 12.0 Å². The third kappa shape index (κ3) is 6.34. The standard InChI is InChI=1S/C34H35N3O4S3/c1-3-26(31(38)36-32-30(33(39)41-2)23-14-5-4-6-17-27(23)44-32)42-22-13-11-12-21(20-22)35-34(40)37-24-15-7-9-18-28(24)43-29-19-10-8-16-25(29)37/h7-13,15-16,18-20,24,26,28H,3-6,14,17H2,1-2H3,(H,35,40)(H,36,38). The lowest BCUT2D eigenvalue weighted by molar-refractivity contribution is -0.115. The summed E-state index contributed by atoms with van der Waals surface area (Å²) in [6.07, 6.45) is 13.8. The lowest BCUT2D eigenvalue weighted by atomic mass is 10.1. The highest BCUT2D eigenvalue weighted by molar-refractivity contribution is 8.00. The third-order valence-corrected chi connectivity index (χ3v) is 11.9. The number of urea groups is 1. The van der Waals surface area contributed by atoms with Crippen molar-refractivity contribution in [1.82, 2.24) is 0 Å². The number of hydrogen-bond donors (Lipinski definition) is 2. The average molecular weight is 646 g/mol. The molecule has 0 fully saturated rings. The number of thiophene rings is 1. The summed E-state index contributed by atoms with van der Waals surface area (Å²) in [5, 5.41) is 6.51. The molecule has 44 heavy (non-hydrogen) atoms. The Balaban J connectivity index is 1.17. The lowest BCUT2D eigenvalue weighted by Crippen LogP contribution is -2.49. The number of benzene rings is 2. The zero-order valence-electron chi connectivity index (χ0n) is 24.7. The number of fused-ring (bicyclic) bond motifs is 3. The number of para-hydroxylation sites is 1. The summed E-state index contributed by atoms with van der Waals surface area (Å²) in [6, 6.07) is 15.3. The molecule has 0 spiro atoms. The maximum absolute atomic E-state index is 13.7. The highest BCUT2D eigenvalue weighted by Gasteiger charge is 2.36. The van der Waals surface area contributed by atoms with Gasteiger partial charge in [-0.05, 0) is 68.0 Å². The molecule has 3 unspecified atom stereocenters. The number of nitrogens with zero attached hydrogens (tertiary/aromatic N) is 1. The molecule has 7 nitrogen and oxygen atoms in total. The Morgan fingerprint density at radius 1 is 1.02 bits per heavy atom. The first kappa shape index (κ1) is 30.6. The van der Waals surface area contributed by atoms with Crippen LogP contribution in [-0.4, -0.2) is 41.6 Å². The number of carbonyl (C=O) groups is 3. The predicted octanol–water partition coefficient (Wildman–Crippen LogP) is 8.32. The number of carbonyl (C=O) groups excluding carboxylic acids is 3. The summed E-state index contributed by atoms with van der Waals surface area (Å²) >= 11 is 4.72. The minimum atomic E-state index is -0.398. The summed E-state index contributed by atoms with van der Waals surface area (Å²) < 4.78 is 5.11. The number of anilines is 3. The molecule has 1 aliphatic heterocycles. The molecule has 3 aliphatic rings. The molecular formula is C34H35N3O4S3. The van der Waals surface area contributed by atoms with Crippen LogP contribution in [0.4, 0.5) is 21.2 Å². The predicted molar refractivity (Wildman–Crippen MR) is 182 cm³/mol. The van der Waals surface area contributed by atoms with Crippen molar-refractivity contribution in [3.05, 3.63) is 88.8 Å². The number of thioether (sulfide) groups is 2. The van der Waals surface area contributed by atoms with E-state index in [-0.39, 0.29) is 28.5 Å². The van der Waals surface area contributed by atoms with Crippen LogP contribution in [-0.2, 0) is 22.4 Å². The maximum Gasteiger partial charge on any atom is 0.341 e. The first-order valence-corrected chi connectivity index (χ1v) is 17.6. The largest absolute Gasteiger partial charge is 0.465 e. The van der Waals surface area contributed by atoms with Crippen LogP contribution >= 0.6 is 34.9 Å². The zero-order chi connectivity index (χ0) is 30.6. The lowest BCUT2D eigenvalue weighted by Gasteiger charge is -2.40. The molecule has 2 heterocycles. The first-order valence-electron chi connectivity index (χ1n) is 15.0. The molecule has 228 valence electrons. The molecule has 3 amide bonds. The summed E-state index contributed by atoms with van der Waals surface area (Å²) in [5.74, 6) is -0.552. The minimum Gasteiger partial charge on any atom is -0.465 e. The van der Waals surface area contributed by atoms with E-state index >= 15 is 0 Å². The molecule has 3 aromatic rings. The Kier molecular flexibility index (Phi) is 9.49. The van der Waals surface area contributed by atoms with Crippen molar-refractivity contribution in [2.24, 2.45) is 0 Å². The van der Waals surface area contributed by atoms with E-state index in [9.17, 15) is 14.4 Å². The van der Waals surface area contributed by atoms with Crippen LogP contribution in [0.5, 0.6) is 0 Å². The van der Waals surface area contributed by atoms with Crippen LogP contribution in [0.3, 0.4) is 0 Å². The summed E-state index contributed by atoms with van der Waals surface area (Å²) in [6.45, 7) is 1.97. The molecule has 2 aliphatic carbocycles. The topological polar surface area (TPSA) is 87.7 Å². The summed E-state index contributed by atoms with van der Waals surface area (Å²) in [5.41, 5.74) is 3.09. The molecular weight excluding hydrogens is 611 g/mol. The Labute approximate surface area is 270 Å². The van der Waals surface area contributed by atoms with Gasteiger partial charge in [0, 0.05) is 20.4 Å². The molecule has 6 rings (SSSR count). The Hall–Kier alpha value is -3.47. The fourth-order valence-corrected chi connectivity index (χ4v) is 9.44. The molecule has 0 saturated heterocycles. The van der Waals surface area contributed by atoms with Gasteiger partial charge in [0.25, 0.3) is 0 Å². The van der Waals surface area contributed by atoms with Crippen LogP contribution in [0.25, 0.3) is 0 Å². The zero-order valence-corrected chi connectivity index (χ0v) is 27.2. The molecule has 2 aromatic carbocycles. The van der Waals surface area contributed by atoms with Crippen LogP contribution in [0.15, 0.2) is 82.6 Å². The average Bonchev–Trinajstić information content (AvgIpc) is 3.21. The normalized spacial score (nSPS) is 19.2. The van der Waals surface area contributed by atoms with Gasteiger partial charge in [0.2, 0.25) is 5.91 Å². The van der Waals surface area contributed by atoms with Gasteiger partial charge < -0.3 is 15.4 Å². The van der Waals surface area contributed by atoms with Gasteiger partial charge in [-0.1, -0.05) is 55.8 Å². The van der Waals surface area contributed by atoms with Crippen molar-refractivity contribution in [1.29, 1.82) is 0 Å². The molecule has 3 atom stereocenters. The molecule has 0 saturated carbocycles. The maximum atomic E-state index is 13.7. The van der Waals surface area contributed by atoms with E-state index in [1.807, 2.05) is 66.4 Å². The van der Waals surface area contributed by atoms with Crippen LogP contribution < -0.4 is 15.5 Å². The summed E-state index contributed by atoms with van der Waals surface area (Å²) in [4.78, 5) is 45.0. The van der Waals surface area contributed by atoms with Gasteiger partial charge in [0.05, 0.1) is 34.9 Å². The van der Waals surface area contributed by atoms with E-state index in [4.69, 9.17) is 4.74 Å². The van der Waals surface area contributed by atoms with Crippen molar-refractivity contribution in [2.75, 3.05) is 22.6 Å². The third-order valence-electron chi connectivity index (χ3n) is 8.04. The number of ether oxygens (including phenoxy) is 1. The molecule has 10 heteroatoms. The minimum absolute atomic E-state index is 0.0900. The Morgan fingerprint density at radius 2 is 1.84 bits per heavy atom. The van der Waals surface area contributed by atoms with Crippen molar-refractivity contribution < 1.29 is 19.1 Å². The van der Waals surface area contributed by atoms with Crippen molar-refractivity contribution >= 4 is 69.1 Å². The van der Waals surface area contributed by atoms with E-state index in [0.717, 1.165) is 53.1 Å². The van der Waals surface area contributed by atoms with Gasteiger partial charge in [0.1, 0.15) is 5.00 Å². The Bertz CT molecular complexity index is 1630. The van der Waals surface area contributed by atoms with Crippen molar-refractivity contribution in [2.45, 2.75) is 71.8 Å². The molecule has 0 radical (unpaired) electrons. The number of rotatable bonds is 7. The SMILES string of the molecule is CCC(Sc1cccc(NC(=O)N2c3ccccc3SC3C=CC=CC32)c1)C(=O)Nc1sc2c(c1C(=O)OC)CCCCC2. The van der Waals surface area contributed by atoms with Crippen LogP contribution in [0.2, 0.25) is 0 Å². The monoisotopic (exact) mass is 645 g/mol. The summed E-state index contributed by atoms with van der Waals surface area (Å²) in [7, 11) is 1.38. The highest BCUT2D eigenvalue weighted by Crippen LogP contribution is 2.44. The van der Waals surface area contributed by atoms with Crippen LogP contribution in [0.1, 0.15) is 53.4 Å². The second kappa shape index (κ2) is 13.7. The number of allylic oxidation sites excluding steroid dienone is 2. The van der Waals surface area contributed by atoms with Gasteiger partial charge in [-0.15, -0.1) is 34.9 Å². The van der Waals surface area contributed by atoms with Crippen LogP contribution in [0, 0.1) is 0 Å². The number of nitrogens with one attached hydrogen (secondary N) is 2. The number of methoxy groups -OCH3 is 1. The smallest absolute Gasteiger partial charge is 0.341 e. The molecule has 2 N–H and O–H groups in total. The van der Waals surface area contributed by atoms with Gasteiger partial charge in [-0.3, -0.25) is 9.69 Å².